The second kappa shape index (κ2) is 6.69. The summed E-state index contributed by atoms with van der Waals surface area (Å²) in [5.74, 6) is 5.58. The number of nitrogens with two attached hydrogens (primary N) is 1. The van der Waals surface area contributed by atoms with Crippen LogP contribution in [0.1, 0.15) is 36.1 Å². The van der Waals surface area contributed by atoms with E-state index in [1.54, 1.807) is 0 Å². The van der Waals surface area contributed by atoms with Gasteiger partial charge in [0.1, 0.15) is 5.82 Å². The number of benzene rings is 1. The molecule has 0 aliphatic carbocycles. The normalized spacial score (nSPS) is 13.4. The summed E-state index contributed by atoms with van der Waals surface area (Å²) in [5.41, 5.74) is 3.84. The van der Waals surface area contributed by atoms with Gasteiger partial charge in [-0.05, 0) is 42.7 Å². The molecule has 1 unspecified atom stereocenters. The minimum atomic E-state index is -0.211. The molecule has 2 nitrogen and oxygen atoms in total. The number of aryl methyl sites for hydroxylation is 1. The Balaban J connectivity index is 2.20. The molecule has 2 rings (SSSR count). The standard InChI is InChI=1S/C17H23FN2S/c1-4-14-9-10-15(21-14)11-16(20-19)17(2,3)12-5-7-13(18)8-6-12/h5-10,16,20H,4,11,19H2,1-3H3. The minimum Gasteiger partial charge on any atom is -0.271 e. The second-order valence-electron chi connectivity index (χ2n) is 5.87. The van der Waals surface area contributed by atoms with E-state index >= 15 is 0 Å². The van der Waals surface area contributed by atoms with Crippen LogP contribution in [0.2, 0.25) is 0 Å². The molecule has 0 aliphatic heterocycles. The van der Waals surface area contributed by atoms with Crippen LogP contribution in [0, 0.1) is 5.82 Å². The van der Waals surface area contributed by atoms with Crippen molar-refractivity contribution in [1.82, 2.24) is 5.43 Å². The van der Waals surface area contributed by atoms with Crippen molar-refractivity contribution in [1.29, 1.82) is 0 Å². The highest BCUT2D eigenvalue weighted by molar-refractivity contribution is 7.11. The molecule has 1 aromatic carbocycles. The molecule has 1 aromatic heterocycles. The molecule has 0 saturated carbocycles. The summed E-state index contributed by atoms with van der Waals surface area (Å²) in [4.78, 5) is 2.71. The van der Waals surface area contributed by atoms with Gasteiger partial charge in [-0.1, -0.05) is 32.9 Å². The summed E-state index contributed by atoms with van der Waals surface area (Å²) in [5, 5.41) is 0. The van der Waals surface area contributed by atoms with E-state index in [1.165, 1.54) is 21.9 Å². The van der Waals surface area contributed by atoms with Crippen LogP contribution >= 0.6 is 11.3 Å². The Morgan fingerprint density at radius 2 is 1.76 bits per heavy atom. The van der Waals surface area contributed by atoms with Gasteiger partial charge in [-0.2, -0.15) is 0 Å². The van der Waals surface area contributed by atoms with Crippen LogP contribution < -0.4 is 11.3 Å². The number of thiophene rings is 1. The van der Waals surface area contributed by atoms with Gasteiger partial charge >= 0.3 is 0 Å². The molecule has 0 spiro atoms. The molecule has 1 heterocycles. The lowest BCUT2D eigenvalue weighted by Gasteiger charge is -2.34. The number of nitrogens with one attached hydrogen (secondary N) is 1. The van der Waals surface area contributed by atoms with Crippen LogP contribution in [0.25, 0.3) is 0 Å². The minimum absolute atomic E-state index is 0.0892. The van der Waals surface area contributed by atoms with E-state index in [2.05, 4.69) is 38.3 Å². The first-order valence-electron chi connectivity index (χ1n) is 7.27. The van der Waals surface area contributed by atoms with E-state index in [0.29, 0.717) is 0 Å². The van der Waals surface area contributed by atoms with Gasteiger partial charge < -0.3 is 0 Å². The Kier molecular flexibility index (Phi) is 5.14. The summed E-state index contributed by atoms with van der Waals surface area (Å²) in [7, 11) is 0. The highest BCUT2D eigenvalue weighted by Crippen LogP contribution is 2.30. The van der Waals surface area contributed by atoms with Crippen LogP contribution in [0.4, 0.5) is 4.39 Å². The third-order valence-electron chi connectivity index (χ3n) is 4.13. The fourth-order valence-electron chi connectivity index (χ4n) is 2.53. The van der Waals surface area contributed by atoms with Crippen molar-refractivity contribution in [2.45, 2.75) is 45.1 Å². The van der Waals surface area contributed by atoms with Gasteiger partial charge in [0.15, 0.2) is 0 Å². The van der Waals surface area contributed by atoms with Crippen molar-refractivity contribution in [2.75, 3.05) is 0 Å². The summed E-state index contributed by atoms with van der Waals surface area (Å²) in [6.45, 7) is 6.44. The van der Waals surface area contributed by atoms with E-state index in [9.17, 15) is 4.39 Å². The summed E-state index contributed by atoms with van der Waals surface area (Å²) in [6, 6.07) is 11.1. The average Bonchev–Trinajstić information content (AvgIpc) is 2.92. The molecule has 0 amide bonds. The predicted octanol–water partition coefficient (Wildman–Crippen LogP) is 3.80. The Morgan fingerprint density at radius 1 is 1.14 bits per heavy atom. The van der Waals surface area contributed by atoms with Crippen molar-refractivity contribution in [3.8, 4) is 0 Å². The lowest BCUT2D eigenvalue weighted by molar-refractivity contribution is 0.343. The molecule has 0 aliphatic rings. The van der Waals surface area contributed by atoms with Gasteiger partial charge in [-0.3, -0.25) is 11.3 Å². The zero-order valence-electron chi connectivity index (χ0n) is 12.8. The lowest BCUT2D eigenvalue weighted by atomic mass is 9.76. The second-order valence-corrected chi connectivity index (χ2v) is 7.13. The smallest absolute Gasteiger partial charge is 0.123 e. The molecule has 3 N–H and O–H groups in total. The number of rotatable bonds is 6. The SMILES string of the molecule is CCc1ccc(CC(NN)C(C)(C)c2ccc(F)cc2)s1. The summed E-state index contributed by atoms with van der Waals surface area (Å²) >= 11 is 1.83. The number of hydrogen-bond acceptors (Lipinski definition) is 3. The molecular formula is C17H23FN2S. The predicted molar refractivity (Wildman–Crippen MR) is 87.9 cm³/mol. The largest absolute Gasteiger partial charge is 0.271 e. The van der Waals surface area contributed by atoms with Crippen molar-refractivity contribution in [2.24, 2.45) is 5.84 Å². The number of halogens is 1. The molecule has 0 bridgehead atoms. The Morgan fingerprint density at radius 3 is 2.29 bits per heavy atom. The third kappa shape index (κ3) is 3.70. The molecule has 0 saturated heterocycles. The quantitative estimate of drug-likeness (QED) is 0.629. The molecule has 2 aromatic rings. The number of hydrogen-bond donors (Lipinski definition) is 2. The van der Waals surface area contributed by atoms with Crippen LogP contribution in [-0.2, 0) is 18.3 Å². The van der Waals surface area contributed by atoms with Crippen molar-refractivity contribution in [3.05, 3.63) is 57.5 Å². The fraction of sp³-hybridized carbons (Fsp3) is 0.412. The first kappa shape index (κ1) is 16.1. The van der Waals surface area contributed by atoms with E-state index < -0.39 is 0 Å². The summed E-state index contributed by atoms with van der Waals surface area (Å²) in [6.07, 6.45) is 1.93. The van der Waals surface area contributed by atoms with Gasteiger partial charge in [0.25, 0.3) is 0 Å². The van der Waals surface area contributed by atoms with Crippen LogP contribution in [0.3, 0.4) is 0 Å². The monoisotopic (exact) mass is 306 g/mol. The van der Waals surface area contributed by atoms with Gasteiger partial charge in [0.05, 0.1) is 0 Å². The Bertz CT molecular complexity index is 575. The zero-order valence-corrected chi connectivity index (χ0v) is 13.6. The average molecular weight is 306 g/mol. The highest BCUT2D eigenvalue weighted by atomic mass is 32.1. The molecular weight excluding hydrogens is 283 g/mol. The van der Waals surface area contributed by atoms with Crippen molar-refractivity contribution in [3.63, 3.8) is 0 Å². The van der Waals surface area contributed by atoms with Crippen LogP contribution in [-0.4, -0.2) is 6.04 Å². The van der Waals surface area contributed by atoms with E-state index in [1.807, 2.05) is 23.5 Å². The maximum Gasteiger partial charge on any atom is 0.123 e. The van der Waals surface area contributed by atoms with Crippen molar-refractivity contribution < 1.29 is 4.39 Å². The topological polar surface area (TPSA) is 38.0 Å². The van der Waals surface area contributed by atoms with Gasteiger partial charge in [-0.25, -0.2) is 4.39 Å². The molecule has 114 valence electrons. The van der Waals surface area contributed by atoms with Crippen LogP contribution in [0.15, 0.2) is 36.4 Å². The van der Waals surface area contributed by atoms with E-state index in [4.69, 9.17) is 5.84 Å². The first-order chi connectivity index (χ1) is 9.97. The highest BCUT2D eigenvalue weighted by Gasteiger charge is 2.31. The first-order valence-corrected chi connectivity index (χ1v) is 8.08. The van der Waals surface area contributed by atoms with Gasteiger partial charge in [0.2, 0.25) is 0 Å². The van der Waals surface area contributed by atoms with E-state index in [-0.39, 0.29) is 17.3 Å². The Hall–Kier alpha value is -1.23. The summed E-state index contributed by atoms with van der Waals surface area (Å²) < 4.78 is 13.1. The van der Waals surface area contributed by atoms with Crippen LogP contribution in [0.5, 0.6) is 0 Å². The lowest BCUT2D eigenvalue weighted by Crippen LogP contribution is -2.49. The van der Waals surface area contributed by atoms with E-state index in [0.717, 1.165) is 18.4 Å². The van der Waals surface area contributed by atoms with Crippen molar-refractivity contribution >= 4 is 11.3 Å². The molecule has 4 heteroatoms. The molecule has 0 fully saturated rings. The number of hydrazine groups is 1. The third-order valence-corrected chi connectivity index (χ3v) is 5.38. The van der Waals surface area contributed by atoms with Gasteiger partial charge in [0, 0.05) is 21.2 Å². The zero-order chi connectivity index (χ0) is 15.5. The Labute approximate surface area is 130 Å². The van der Waals surface area contributed by atoms with Gasteiger partial charge in [-0.15, -0.1) is 11.3 Å². The maximum absolute atomic E-state index is 13.1. The molecule has 0 radical (unpaired) electrons. The fourth-order valence-corrected chi connectivity index (χ4v) is 3.53. The molecule has 21 heavy (non-hydrogen) atoms. The maximum atomic E-state index is 13.1. The molecule has 1 atom stereocenters.